The van der Waals surface area contributed by atoms with Crippen LogP contribution in [0.3, 0.4) is 0 Å². The van der Waals surface area contributed by atoms with Crippen molar-refractivity contribution in [2.75, 3.05) is 0 Å². The van der Waals surface area contributed by atoms with E-state index in [0.717, 1.165) is 6.07 Å². The molecule has 150 valence electrons. The molecule has 0 fully saturated rings. The second-order valence-electron chi connectivity index (χ2n) is 6.93. The Morgan fingerprint density at radius 1 is 1.28 bits per heavy atom. The van der Waals surface area contributed by atoms with E-state index < -0.39 is 29.0 Å². The van der Waals surface area contributed by atoms with Gasteiger partial charge in [0.25, 0.3) is 0 Å². The summed E-state index contributed by atoms with van der Waals surface area (Å²) in [6, 6.07) is 3.61. The summed E-state index contributed by atoms with van der Waals surface area (Å²) in [7, 11) is 0. The van der Waals surface area contributed by atoms with Gasteiger partial charge in [0.1, 0.15) is 35.5 Å². The van der Waals surface area contributed by atoms with Crippen molar-refractivity contribution in [1.82, 2.24) is 28.7 Å². The van der Waals surface area contributed by atoms with E-state index in [1.165, 1.54) is 38.6 Å². The number of aliphatic hydroxyl groups is 1. The number of aryl methyl sites for hydroxylation is 1. The predicted octanol–water partition coefficient (Wildman–Crippen LogP) is 1.82. The zero-order valence-electron chi connectivity index (χ0n) is 15.7. The molecule has 0 bridgehead atoms. The normalized spacial score (nSPS) is 14.8. The van der Waals surface area contributed by atoms with E-state index in [4.69, 9.17) is 0 Å². The van der Waals surface area contributed by atoms with Crippen LogP contribution >= 0.6 is 0 Å². The summed E-state index contributed by atoms with van der Waals surface area (Å²) in [6.45, 7) is 3.13. The summed E-state index contributed by atoms with van der Waals surface area (Å²) in [5.74, 6) is -1.69. The Labute approximate surface area is 163 Å². The van der Waals surface area contributed by atoms with Crippen LogP contribution in [-0.2, 0) is 12.1 Å². The topological polar surface area (TPSA) is 90.2 Å². The summed E-state index contributed by atoms with van der Waals surface area (Å²) in [5, 5.41) is 15.6. The molecule has 3 aromatic heterocycles. The molecular formula is C19H18F2N6O2. The van der Waals surface area contributed by atoms with E-state index in [2.05, 4.69) is 15.1 Å². The highest BCUT2D eigenvalue weighted by Gasteiger charge is 2.40. The number of aromatic nitrogens is 6. The van der Waals surface area contributed by atoms with Crippen LogP contribution in [0.4, 0.5) is 8.78 Å². The molecule has 0 aliphatic heterocycles. The van der Waals surface area contributed by atoms with E-state index in [1.54, 1.807) is 26.1 Å². The maximum atomic E-state index is 14.7. The first-order chi connectivity index (χ1) is 13.8. The second-order valence-corrected chi connectivity index (χ2v) is 6.93. The fourth-order valence-electron chi connectivity index (χ4n) is 3.49. The zero-order valence-corrected chi connectivity index (χ0v) is 15.7. The highest BCUT2D eigenvalue weighted by molar-refractivity contribution is 5.38. The lowest BCUT2D eigenvalue weighted by Crippen LogP contribution is -2.44. The standard InChI is InChI=1S/C19H18F2N6O2/c1-12-8-27-17(24-12)5-6-26(18(27)28)13(2)19(29,9-25-11-22-10-23-25)15-4-3-14(20)7-16(15)21/h3-8,10-11,13,29H,9H2,1-2H3/t13-,19-/m1/s1. The Morgan fingerprint density at radius 3 is 2.76 bits per heavy atom. The Balaban J connectivity index is 1.88. The average molecular weight is 400 g/mol. The number of imidazole rings is 1. The number of halogens is 2. The van der Waals surface area contributed by atoms with Crippen molar-refractivity contribution in [3.05, 3.63) is 82.7 Å². The minimum absolute atomic E-state index is 0.157. The molecule has 0 radical (unpaired) electrons. The van der Waals surface area contributed by atoms with Crippen molar-refractivity contribution in [3.63, 3.8) is 0 Å². The molecule has 0 amide bonds. The third-order valence-electron chi connectivity index (χ3n) is 5.04. The first-order valence-corrected chi connectivity index (χ1v) is 8.87. The maximum Gasteiger partial charge on any atom is 0.334 e. The van der Waals surface area contributed by atoms with Crippen LogP contribution in [0.15, 0.2) is 54.1 Å². The van der Waals surface area contributed by atoms with Gasteiger partial charge in [-0.3, -0.25) is 8.97 Å². The molecule has 10 heteroatoms. The van der Waals surface area contributed by atoms with Gasteiger partial charge in [0.05, 0.1) is 18.3 Å². The van der Waals surface area contributed by atoms with Gasteiger partial charge in [0.15, 0.2) is 0 Å². The third-order valence-corrected chi connectivity index (χ3v) is 5.04. The fraction of sp³-hybridized carbons (Fsp3) is 0.263. The molecule has 4 aromatic rings. The molecule has 0 aliphatic rings. The van der Waals surface area contributed by atoms with Crippen molar-refractivity contribution >= 4 is 5.65 Å². The van der Waals surface area contributed by atoms with Gasteiger partial charge < -0.3 is 5.11 Å². The van der Waals surface area contributed by atoms with Gasteiger partial charge >= 0.3 is 5.69 Å². The fourth-order valence-corrected chi connectivity index (χ4v) is 3.49. The molecule has 0 saturated carbocycles. The molecule has 3 heterocycles. The predicted molar refractivity (Wildman–Crippen MR) is 99.2 cm³/mol. The quantitative estimate of drug-likeness (QED) is 0.552. The number of nitrogens with zero attached hydrogens (tertiary/aromatic N) is 6. The average Bonchev–Trinajstić information content (AvgIpc) is 3.30. The van der Waals surface area contributed by atoms with Crippen LogP contribution in [0.25, 0.3) is 5.65 Å². The largest absolute Gasteiger partial charge is 0.381 e. The Kier molecular flexibility index (Phi) is 4.50. The summed E-state index contributed by atoms with van der Waals surface area (Å²) >= 11 is 0. The van der Waals surface area contributed by atoms with Gasteiger partial charge in [-0.2, -0.15) is 5.10 Å². The van der Waals surface area contributed by atoms with Crippen molar-refractivity contribution in [1.29, 1.82) is 0 Å². The molecule has 0 saturated heterocycles. The minimum Gasteiger partial charge on any atom is -0.381 e. The molecule has 1 N–H and O–H groups in total. The first kappa shape index (κ1) is 18.9. The lowest BCUT2D eigenvalue weighted by atomic mass is 9.86. The van der Waals surface area contributed by atoms with Gasteiger partial charge in [-0.1, -0.05) is 6.07 Å². The van der Waals surface area contributed by atoms with Gasteiger partial charge in [0, 0.05) is 24.0 Å². The summed E-state index contributed by atoms with van der Waals surface area (Å²) in [6.07, 6.45) is 5.71. The maximum absolute atomic E-state index is 14.7. The van der Waals surface area contributed by atoms with Gasteiger partial charge in [-0.05, 0) is 26.0 Å². The minimum atomic E-state index is -1.93. The zero-order chi connectivity index (χ0) is 20.8. The summed E-state index contributed by atoms with van der Waals surface area (Å²) in [5.41, 5.74) is -1.41. The molecule has 0 unspecified atom stereocenters. The van der Waals surface area contributed by atoms with Crippen molar-refractivity contribution in [3.8, 4) is 0 Å². The van der Waals surface area contributed by atoms with Crippen LogP contribution in [-0.4, -0.2) is 33.8 Å². The second kappa shape index (κ2) is 6.89. The highest BCUT2D eigenvalue weighted by atomic mass is 19.1. The number of fused-ring (bicyclic) bond motifs is 1. The Hall–Kier alpha value is -3.40. The van der Waals surface area contributed by atoms with E-state index >= 15 is 0 Å². The van der Waals surface area contributed by atoms with Gasteiger partial charge in [0.2, 0.25) is 0 Å². The van der Waals surface area contributed by atoms with E-state index in [1.807, 2.05) is 0 Å². The lowest BCUT2D eigenvalue weighted by Gasteiger charge is -2.35. The van der Waals surface area contributed by atoms with Crippen LogP contribution in [0.1, 0.15) is 24.2 Å². The summed E-state index contributed by atoms with van der Waals surface area (Å²) in [4.78, 5) is 21.1. The first-order valence-electron chi connectivity index (χ1n) is 8.87. The third kappa shape index (κ3) is 3.21. The molecule has 0 spiro atoms. The molecule has 0 aliphatic carbocycles. The Bertz CT molecular complexity index is 1230. The van der Waals surface area contributed by atoms with Crippen LogP contribution in [0.5, 0.6) is 0 Å². The smallest absolute Gasteiger partial charge is 0.334 e. The van der Waals surface area contributed by atoms with E-state index in [9.17, 15) is 18.7 Å². The summed E-state index contributed by atoms with van der Waals surface area (Å²) < 4.78 is 32.1. The number of rotatable bonds is 5. The molecular weight excluding hydrogens is 382 g/mol. The highest BCUT2D eigenvalue weighted by Crippen LogP contribution is 2.36. The van der Waals surface area contributed by atoms with Gasteiger partial charge in [-0.15, -0.1) is 0 Å². The number of hydrogen-bond donors (Lipinski definition) is 1. The monoisotopic (exact) mass is 400 g/mol. The molecule has 4 rings (SSSR count). The molecule has 8 nitrogen and oxygen atoms in total. The molecule has 2 atom stereocenters. The molecule has 1 aromatic carbocycles. The van der Waals surface area contributed by atoms with Crippen molar-refractivity contribution < 1.29 is 13.9 Å². The van der Waals surface area contributed by atoms with Crippen LogP contribution in [0.2, 0.25) is 0 Å². The van der Waals surface area contributed by atoms with Crippen molar-refractivity contribution in [2.24, 2.45) is 0 Å². The lowest BCUT2D eigenvalue weighted by molar-refractivity contribution is -0.0346. The molecule has 29 heavy (non-hydrogen) atoms. The number of benzene rings is 1. The Morgan fingerprint density at radius 2 is 2.07 bits per heavy atom. The van der Waals surface area contributed by atoms with E-state index in [-0.39, 0.29) is 12.1 Å². The number of hydrogen-bond acceptors (Lipinski definition) is 5. The van der Waals surface area contributed by atoms with Crippen LogP contribution < -0.4 is 5.69 Å². The van der Waals surface area contributed by atoms with E-state index in [0.29, 0.717) is 17.4 Å². The van der Waals surface area contributed by atoms with Crippen LogP contribution in [0, 0.1) is 18.6 Å². The van der Waals surface area contributed by atoms with Gasteiger partial charge in [-0.25, -0.2) is 28.2 Å². The SMILES string of the molecule is Cc1cn2c(=O)n([C@H](C)[C@](O)(Cn3cncn3)c3ccc(F)cc3F)ccc2n1. The van der Waals surface area contributed by atoms with Crippen molar-refractivity contribution in [2.45, 2.75) is 32.0 Å².